The Morgan fingerprint density at radius 1 is 1.14 bits per heavy atom. The molecule has 1 aromatic heterocycles. The van der Waals surface area contributed by atoms with Gasteiger partial charge in [-0.3, -0.25) is 0 Å². The molecule has 1 aliphatic rings. The molecular formula is C15H14N4O3. The van der Waals surface area contributed by atoms with Gasteiger partial charge >= 0.3 is 0 Å². The normalized spacial score (nSPS) is 12.8. The van der Waals surface area contributed by atoms with Gasteiger partial charge in [0.2, 0.25) is 6.79 Å². The molecule has 0 spiro atoms. The zero-order chi connectivity index (χ0) is 15.1. The molecule has 0 bridgehead atoms. The van der Waals surface area contributed by atoms with E-state index < -0.39 is 0 Å². The minimum absolute atomic E-state index is 0.238. The Kier molecular flexibility index (Phi) is 2.78. The molecule has 0 amide bonds. The highest BCUT2D eigenvalue weighted by Gasteiger charge is 2.15. The fourth-order valence-corrected chi connectivity index (χ4v) is 2.37. The number of nitrogen functional groups attached to an aromatic ring is 1. The highest BCUT2D eigenvalue weighted by atomic mass is 16.7. The molecule has 0 unspecified atom stereocenters. The summed E-state index contributed by atoms with van der Waals surface area (Å²) in [5.74, 6) is 2.03. The molecule has 112 valence electrons. The predicted octanol–water partition coefficient (Wildman–Crippen LogP) is 2.13. The quantitative estimate of drug-likeness (QED) is 0.746. The molecule has 2 aromatic carbocycles. The van der Waals surface area contributed by atoms with Crippen LogP contribution in [0, 0.1) is 0 Å². The number of nitrogens with zero attached hydrogens (tertiary/aromatic N) is 3. The molecule has 3 aromatic rings. The van der Waals surface area contributed by atoms with E-state index in [4.69, 9.17) is 19.9 Å². The summed E-state index contributed by atoms with van der Waals surface area (Å²) < 4.78 is 16.2. The maximum Gasteiger partial charge on any atom is 0.231 e. The Morgan fingerprint density at radius 3 is 2.73 bits per heavy atom. The average molecular weight is 298 g/mol. The molecule has 2 heterocycles. The molecule has 1 aliphatic heterocycles. The number of fused-ring (bicyclic) bond motifs is 2. The van der Waals surface area contributed by atoms with Crippen LogP contribution in [0.4, 0.5) is 5.69 Å². The second-order valence-corrected chi connectivity index (χ2v) is 4.84. The molecule has 0 saturated heterocycles. The van der Waals surface area contributed by atoms with Crippen LogP contribution < -0.4 is 19.9 Å². The number of hydrogen-bond acceptors (Lipinski definition) is 6. The fraction of sp³-hybridized carbons (Fsp3) is 0.200. The predicted molar refractivity (Wildman–Crippen MR) is 80.6 cm³/mol. The van der Waals surface area contributed by atoms with Crippen molar-refractivity contribution in [1.29, 1.82) is 0 Å². The maximum atomic E-state index is 5.96. The van der Waals surface area contributed by atoms with E-state index in [-0.39, 0.29) is 6.79 Å². The zero-order valence-electron chi connectivity index (χ0n) is 11.9. The molecule has 0 atom stereocenters. The number of hydrogen-bond donors (Lipinski definition) is 1. The van der Waals surface area contributed by atoms with Crippen LogP contribution >= 0.6 is 0 Å². The van der Waals surface area contributed by atoms with Crippen LogP contribution in [0.5, 0.6) is 17.2 Å². The third kappa shape index (κ3) is 1.98. The second-order valence-electron chi connectivity index (χ2n) is 4.84. The summed E-state index contributed by atoms with van der Waals surface area (Å²) in [6.07, 6.45) is 0. The van der Waals surface area contributed by atoms with Crippen molar-refractivity contribution in [3.8, 4) is 22.9 Å². The SMILES string of the molecule is CCOc1cc2nn(-c3ccc4c(c3)OCO4)nc2cc1N. The molecule has 4 rings (SSSR count). The van der Waals surface area contributed by atoms with Gasteiger partial charge in [-0.1, -0.05) is 0 Å². The van der Waals surface area contributed by atoms with Crippen molar-refractivity contribution in [1.82, 2.24) is 15.0 Å². The number of anilines is 1. The van der Waals surface area contributed by atoms with Crippen molar-refractivity contribution in [2.45, 2.75) is 6.92 Å². The van der Waals surface area contributed by atoms with Crippen molar-refractivity contribution in [3.05, 3.63) is 30.3 Å². The summed E-state index contributed by atoms with van der Waals surface area (Å²) in [5, 5.41) is 8.91. The van der Waals surface area contributed by atoms with E-state index in [1.54, 1.807) is 16.9 Å². The molecule has 0 saturated carbocycles. The monoisotopic (exact) mass is 298 g/mol. The van der Waals surface area contributed by atoms with Crippen LogP contribution in [0.1, 0.15) is 6.92 Å². The van der Waals surface area contributed by atoms with Gasteiger partial charge in [0.05, 0.1) is 18.0 Å². The topological polar surface area (TPSA) is 84.4 Å². The van der Waals surface area contributed by atoms with Gasteiger partial charge in [-0.15, -0.1) is 10.2 Å². The van der Waals surface area contributed by atoms with E-state index in [2.05, 4.69) is 10.2 Å². The molecular weight excluding hydrogens is 284 g/mol. The lowest BCUT2D eigenvalue weighted by Gasteiger charge is -2.04. The number of nitrogens with two attached hydrogens (primary N) is 1. The van der Waals surface area contributed by atoms with Crippen LogP contribution in [0.2, 0.25) is 0 Å². The second kappa shape index (κ2) is 4.80. The highest BCUT2D eigenvalue weighted by molar-refractivity contribution is 5.81. The summed E-state index contributed by atoms with van der Waals surface area (Å²) in [5.41, 5.74) is 8.72. The standard InChI is InChI=1S/C15H14N4O3/c1-2-20-14-7-12-11(6-10(14)16)17-19(18-12)9-3-4-13-15(5-9)22-8-21-13/h3-7H,2,8,16H2,1H3. The first-order valence-corrected chi connectivity index (χ1v) is 6.94. The van der Waals surface area contributed by atoms with Gasteiger partial charge in [0.15, 0.2) is 11.5 Å². The Morgan fingerprint density at radius 2 is 1.91 bits per heavy atom. The van der Waals surface area contributed by atoms with E-state index in [0.717, 1.165) is 17.0 Å². The van der Waals surface area contributed by atoms with Crippen LogP contribution in [0.15, 0.2) is 30.3 Å². The van der Waals surface area contributed by atoms with Crippen molar-refractivity contribution < 1.29 is 14.2 Å². The zero-order valence-corrected chi connectivity index (χ0v) is 11.9. The third-order valence-corrected chi connectivity index (χ3v) is 3.40. The first kappa shape index (κ1) is 12.8. The highest BCUT2D eigenvalue weighted by Crippen LogP contribution is 2.34. The van der Waals surface area contributed by atoms with Gasteiger partial charge in [0.1, 0.15) is 16.8 Å². The Labute approximate surface area is 126 Å². The average Bonchev–Trinajstić information content (AvgIpc) is 3.13. The van der Waals surface area contributed by atoms with Crippen molar-refractivity contribution in [3.63, 3.8) is 0 Å². The Hall–Kier alpha value is -2.96. The van der Waals surface area contributed by atoms with Gasteiger partial charge in [0.25, 0.3) is 0 Å². The summed E-state index contributed by atoms with van der Waals surface area (Å²) in [6.45, 7) is 2.70. The summed E-state index contributed by atoms with van der Waals surface area (Å²) in [4.78, 5) is 1.54. The first-order valence-electron chi connectivity index (χ1n) is 6.94. The maximum absolute atomic E-state index is 5.96. The summed E-state index contributed by atoms with van der Waals surface area (Å²) >= 11 is 0. The molecule has 2 N–H and O–H groups in total. The van der Waals surface area contributed by atoms with Gasteiger partial charge < -0.3 is 19.9 Å². The van der Waals surface area contributed by atoms with E-state index in [0.29, 0.717) is 29.3 Å². The van der Waals surface area contributed by atoms with Crippen LogP contribution in [-0.2, 0) is 0 Å². The number of benzene rings is 2. The molecule has 7 nitrogen and oxygen atoms in total. The number of aromatic nitrogens is 3. The van der Waals surface area contributed by atoms with Gasteiger partial charge in [-0.2, -0.15) is 4.80 Å². The lowest BCUT2D eigenvalue weighted by molar-refractivity contribution is 0.174. The van der Waals surface area contributed by atoms with Gasteiger partial charge in [-0.05, 0) is 25.1 Å². The smallest absolute Gasteiger partial charge is 0.231 e. The van der Waals surface area contributed by atoms with E-state index >= 15 is 0 Å². The van der Waals surface area contributed by atoms with Gasteiger partial charge in [0, 0.05) is 12.1 Å². The Balaban J connectivity index is 1.79. The van der Waals surface area contributed by atoms with Gasteiger partial charge in [-0.25, -0.2) is 0 Å². The first-order chi connectivity index (χ1) is 10.7. The third-order valence-electron chi connectivity index (χ3n) is 3.40. The molecule has 0 radical (unpaired) electrons. The van der Waals surface area contributed by atoms with Crippen molar-refractivity contribution in [2.24, 2.45) is 0 Å². The molecule has 0 aliphatic carbocycles. The minimum atomic E-state index is 0.238. The van der Waals surface area contributed by atoms with E-state index in [1.807, 2.05) is 25.1 Å². The molecule has 7 heteroatoms. The summed E-state index contributed by atoms with van der Waals surface area (Å²) in [7, 11) is 0. The number of rotatable bonds is 3. The van der Waals surface area contributed by atoms with E-state index in [1.165, 1.54) is 0 Å². The molecule has 22 heavy (non-hydrogen) atoms. The van der Waals surface area contributed by atoms with Crippen molar-refractivity contribution in [2.75, 3.05) is 19.1 Å². The van der Waals surface area contributed by atoms with Crippen LogP contribution in [0.3, 0.4) is 0 Å². The lowest BCUT2D eigenvalue weighted by Crippen LogP contribution is -1.98. The lowest BCUT2D eigenvalue weighted by atomic mass is 10.2. The minimum Gasteiger partial charge on any atom is -0.492 e. The van der Waals surface area contributed by atoms with E-state index in [9.17, 15) is 0 Å². The molecule has 0 fully saturated rings. The fourth-order valence-electron chi connectivity index (χ4n) is 2.37. The Bertz CT molecular complexity index is 859. The summed E-state index contributed by atoms with van der Waals surface area (Å²) in [6, 6.07) is 9.11. The van der Waals surface area contributed by atoms with Crippen molar-refractivity contribution >= 4 is 16.7 Å². The number of ether oxygens (including phenoxy) is 3. The van der Waals surface area contributed by atoms with Crippen LogP contribution in [-0.4, -0.2) is 28.4 Å². The van der Waals surface area contributed by atoms with Crippen LogP contribution in [0.25, 0.3) is 16.7 Å². The largest absolute Gasteiger partial charge is 0.492 e.